The molecule has 2 aromatic heterocycles. The molecule has 0 saturated carbocycles. The Morgan fingerprint density at radius 1 is 0.901 bits per heavy atom. The van der Waals surface area contributed by atoms with E-state index in [1.807, 2.05) is 43.3 Å². The summed E-state index contributed by atoms with van der Waals surface area (Å²) in [5, 5.41) is 40.1. The van der Waals surface area contributed by atoms with Gasteiger partial charge in [-0.1, -0.05) is 61.5 Å². The van der Waals surface area contributed by atoms with Gasteiger partial charge in [0.05, 0.1) is 47.0 Å². The number of rotatable bonds is 12. The zero-order valence-corrected chi connectivity index (χ0v) is 40.7. The van der Waals surface area contributed by atoms with E-state index in [1.54, 1.807) is 6.07 Å². The zero-order valence-electron chi connectivity index (χ0n) is 39.9. The van der Waals surface area contributed by atoms with Crippen molar-refractivity contribution in [1.29, 1.82) is 5.26 Å². The number of hydrogen-bond donors (Lipinski definition) is 3. The van der Waals surface area contributed by atoms with E-state index in [4.69, 9.17) is 21.6 Å². The topological polar surface area (TPSA) is 177 Å². The number of piperazine rings is 2. The number of nitriles is 1. The molecular formula is C53H58ClFN12O4. The number of phenolic OH excluding ortho intramolecular Hbond substituents is 2. The van der Waals surface area contributed by atoms with Crippen LogP contribution in [0.2, 0.25) is 5.02 Å². The van der Waals surface area contributed by atoms with Crippen molar-refractivity contribution in [3.63, 3.8) is 0 Å². The molecule has 1 amide bonds. The highest BCUT2D eigenvalue weighted by Crippen LogP contribution is 2.39. The van der Waals surface area contributed by atoms with Crippen molar-refractivity contribution >= 4 is 45.7 Å². The van der Waals surface area contributed by atoms with Gasteiger partial charge in [-0.3, -0.25) is 9.69 Å². The normalized spacial score (nSPS) is 18.2. The van der Waals surface area contributed by atoms with Gasteiger partial charge in [0.25, 0.3) is 5.91 Å². The summed E-state index contributed by atoms with van der Waals surface area (Å²) in [5.41, 5.74) is 5.41. The highest BCUT2D eigenvalue weighted by Gasteiger charge is 2.36. The summed E-state index contributed by atoms with van der Waals surface area (Å²) in [4.78, 5) is 49.6. The fraction of sp³-hybridized carbons (Fsp3) is 0.396. The summed E-state index contributed by atoms with van der Waals surface area (Å²) in [6.07, 6.45) is 3.33. The van der Waals surface area contributed by atoms with Gasteiger partial charge in [-0.25, -0.2) is 23.8 Å². The molecule has 4 aliphatic rings. The molecule has 0 radical (unpaired) electrons. The molecule has 0 bridgehead atoms. The number of phenols is 2. The van der Waals surface area contributed by atoms with Crippen molar-refractivity contribution < 1.29 is 19.4 Å². The third-order valence-corrected chi connectivity index (χ3v) is 15.1. The number of anilines is 3. The maximum atomic E-state index is 14.1. The van der Waals surface area contributed by atoms with Crippen molar-refractivity contribution in [3.8, 4) is 34.6 Å². The number of H-pyrrole nitrogens is 1. The number of aromatic hydroxyl groups is 2. The molecule has 10 rings (SSSR count). The predicted molar refractivity (Wildman–Crippen MR) is 273 cm³/mol. The van der Waals surface area contributed by atoms with Crippen molar-refractivity contribution in [2.75, 3.05) is 86.7 Å². The summed E-state index contributed by atoms with van der Waals surface area (Å²) in [6.45, 7) is 14.8. The number of benzene rings is 4. The largest absolute Gasteiger partial charge is 0.508 e. The van der Waals surface area contributed by atoms with Crippen LogP contribution in [0.5, 0.6) is 11.5 Å². The van der Waals surface area contributed by atoms with Gasteiger partial charge in [0.15, 0.2) is 11.7 Å². The maximum absolute atomic E-state index is 14.1. The minimum Gasteiger partial charge on any atom is -0.508 e. The summed E-state index contributed by atoms with van der Waals surface area (Å²) in [5.74, 6) is 0.359. The second kappa shape index (κ2) is 20.4. The van der Waals surface area contributed by atoms with Crippen LogP contribution in [0, 0.1) is 17.2 Å². The Labute approximate surface area is 416 Å². The maximum Gasteiger partial charge on any atom is 0.348 e. The quantitative estimate of drug-likeness (QED) is 0.109. The first-order valence-electron chi connectivity index (χ1n) is 24.6. The average molecular weight is 982 g/mol. The number of halogens is 2. The molecule has 0 unspecified atom stereocenters. The van der Waals surface area contributed by atoms with Gasteiger partial charge in [-0.15, -0.1) is 0 Å². The van der Waals surface area contributed by atoms with E-state index >= 15 is 0 Å². The van der Waals surface area contributed by atoms with Crippen molar-refractivity contribution in [1.82, 2.24) is 39.4 Å². The Hall–Kier alpha value is -7.00. The number of piperidine rings is 1. The van der Waals surface area contributed by atoms with Crippen LogP contribution >= 0.6 is 11.6 Å². The first kappa shape index (κ1) is 47.7. The SMILES string of the molecule is C=C(F)C(=O)N1CCN(c2nc(N3CCC(CN4CCN(Cc5ccc(-n6c(-c7cc(CC)c(O)cc7O)n[nH]c6=O)cc5)CC4)CC3)nc3c2CCN(c2cccc4cccc(Cl)c24)C3)C[C@@H]1CC#N. The molecule has 4 aliphatic heterocycles. The summed E-state index contributed by atoms with van der Waals surface area (Å²) < 4.78 is 15.6. The number of amides is 1. The highest BCUT2D eigenvalue weighted by atomic mass is 35.5. The van der Waals surface area contributed by atoms with Crippen LogP contribution < -0.4 is 20.4 Å². The predicted octanol–water partition coefficient (Wildman–Crippen LogP) is 6.81. The van der Waals surface area contributed by atoms with E-state index in [1.165, 1.54) is 15.5 Å². The molecule has 0 aliphatic carbocycles. The van der Waals surface area contributed by atoms with Gasteiger partial charge < -0.3 is 34.7 Å². The number of carbonyl (C=O) groups excluding carboxylic acids is 1. The van der Waals surface area contributed by atoms with Crippen LogP contribution in [-0.2, 0) is 30.7 Å². The van der Waals surface area contributed by atoms with Crippen LogP contribution in [0.3, 0.4) is 0 Å². The second-order valence-corrected chi connectivity index (χ2v) is 19.5. The number of aromatic nitrogens is 5. The standard InChI is InChI=1S/C53H58ClFN12O4/c1-3-37-28-42(47(69)29-46(37)68)50-59-60-53(71)67(50)39-12-10-35(11-13-39)30-61-22-24-62(25-23-61)31-36-15-19-63(20-16-36)52-57-44-33-64(45-9-5-7-38-6-4-8-43(54)48(38)45)21-17-41(44)49(58-52)65-26-27-66(51(70)34(2)55)40(32-65)14-18-56/h4-13,28-29,36,40,68-69H,2-3,14-17,19-27,30-33H2,1H3,(H,60,71)/t40-/m0/s1. The third kappa shape index (κ3) is 9.76. The van der Waals surface area contributed by atoms with Gasteiger partial charge >= 0.3 is 5.69 Å². The minimum atomic E-state index is -1.02. The summed E-state index contributed by atoms with van der Waals surface area (Å²) in [7, 11) is 0. The minimum absolute atomic E-state index is 0.00249. The van der Waals surface area contributed by atoms with Crippen molar-refractivity contribution in [2.24, 2.45) is 5.92 Å². The molecule has 1 atom stereocenters. The van der Waals surface area contributed by atoms with E-state index in [0.29, 0.717) is 66.2 Å². The number of aryl methyl sites for hydroxylation is 1. The molecule has 6 heterocycles. The lowest BCUT2D eigenvalue weighted by atomic mass is 9.96. The zero-order chi connectivity index (χ0) is 49.3. The molecule has 16 nitrogen and oxygen atoms in total. The smallest absolute Gasteiger partial charge is 0.348 e. The van der Waals surface area contributed by atoms with Crippen LogP contribution in [0.25, 0.3) is 27.8 Å². The first-order valence-corrected chi connectivity index (χ1v) is 24.9. The molecule has 368 valence electrons. The Morgan fingerprint density at radius 2 is 1.65 bits per heavy atom. The lowest BCUT2D eigenvalue weighted by Gasteiger charge is -2.43. The molecule has 3 fully saturated rings. The van der Waals surface area contributed by atoms with Crippen LogP contribution in [0.15, 0.2) is 90.0 Å². The van der Waals surface area contributed by atoms with E-state index in [9.17, 15) is 29.5 Å². The Balaban J connectivity index is 0.788. The third-order valence-electron chi connectivity index (χ3n) is 14.8. The fourth-order valence-corrected chi connectivity index (χ4v) is 11.2. The molecule has 3 saturated heterocycles. The Kier molecular flexibility index (Phi) is 13.7. The first-order chi connectivity index (χ1) is 34.5. The molecule has 0 spiro atoms. The van der Waals surface area contributed by atoms with E-state index in [0.717, 1.165) is 111 Å². The van der Waals surface area contributed by atoms with Gasteiger partial charge in [-0.2, -0.15) is 15.3 Å². The summed E-state index contributed by atoms with van der Waals surface area (Å²) in [6, 6.07) is 24.7. The Morgan fingerprint density at radius 3 is 2.38 bits per heavy atom. The number of nitrogens with zero attached hydrogens (tertiary/aromatic N) is 11. The number of fused-ring (bicyclic) bond motifs is 2. The Bertz CT molecular complexity index is 3060. The van der Waals surface area contributed by atoms with Gasteiger partial charge in [0.2, 0.25) is 5.95 Å². The summed E-state index contributed by atoms with van der Waals surface area (Å²) >= 11 is 6.82. The molecule has 3 N–H and O–H groups in total. The molecule has 71 heavy (non-hydrogen) atoms. The van der Waals surface area contributed by atoms with Gasteiger partial charge in [-0.05, 0) is 78.4 Å². The molecule has 4 aromatic carbocycles. The van der Waals surface area contributed by atoms with Crippen molar-refractivity contribution in [3.05, 3.63) is 123 Å². The highest BCUT2D eigenvalue weighted by molar-refractivity contribution is 6.36. The van der Waals surface area contributed by atoms with E-state index in [-0.39, 0.29) is 30.3 Å². The molecule has 6 aromatic rings. The van der Waals surface area contributed by atoms with E-state index in [2.05, 4.69) is 71.6 Å². The van der Waals surface area contributed by atoms with Crippen LogP contribution in [-0.4, -0.2) is 134 Å². The molecule has 18 heteroatoms. The molecular weight excluding hydrogens is 923 g/mol. The van der Waals surface area contributed by atoms with Gasteiger partial charge in [0.1, 0.15) is 17.3 Å². The lowest BCUT2D eigenvalue weighted by Crippen LogP contribution is -2.56. The number of hydrogen-bond acceptors (Lipinski definition) is 13. The van der Waals surface area contributed by atoms with Crippen LogP contribution in [0.4, 0.5) is 21.8 Å². The lowest BCUT2D eigenvalue weighted by molar-refractivity contribution is -0.131. The number of nitrogens with one attached hydrogen (secondary N) is 1. The van der Waals surface area contributed by atoms with Crippen molar-refractivity contribution in [2.45, 2.75) is 58.2 Å². The fourth-order valence-electron chi connectivity index (χ4n) is 10.9. The second-order valence-electron chi connectivity index (χ2n) is 19.1. The average Bonchev–Trinajstić information content (AvgIpc) is 3.77. The number of aromatic amines is 1. The van der Waals surface area contributed by atoms with Crippen LogP contribution in [0.1, 0.15) is 48.6 Å². The number of carbonyl (C=O) groups is 1. The van der Waals surface area contributed by atoms with Gasteiger partial charge in [0, 0.05) is 101 Å². The van der Waals surface area contributed by atoms with E-state index < -0.39 is 23.5 Å². The monoisotopic (exact) mass is 980 g/mol.